The summed E-state index contributed by atoms with van der Waals surface area (Å²) in [5, 5.41) is 4.70. The molecule has 1 aromatic carbocycles. The zero-order valence-electron chi connectivity index (χ0n) is 11.7. The van der Waals surface area contributed by atoms with E-state index in [4.69, 9.17) is 10.3 Å². The van der Waals surface area contributed by atoms with Crippen LogP contribution in [0.25, 0.3) is 11.5 Å². The predicted molar refractivity (Wildman–Crippen MR) is 82.3 cm³/mol. The second-order valence-electron chi connectivity index (χ2n) is 5.32. The average molecular weight is 307 g/mol. The highest BCUT2D eigenvalue weighted by Crippen LogP contribution is 2.30. The number of anilines is 1. The van der Waals surface area contributed by atoms with Gasteiger partial charge in [-0.1, -0.05) is 24.4 Å². The molecule has 0 atom stereocenters. The highest BCUT2D eigenvalue weighted by Gasteiger charge is 2.16. The van der Waals surface area contributed by atoms with Gasteiger partial charge in [-0.3, -0.25) is 0 Å². The summed E-state index contributed by atoms with van der Waals surface area (Å²) in [5.41, 5.74) is 6.29. The van der Waals surface area contributed by atoms with E-state index >= 15 is 0 Å². The second-order valence-corrected chi connectivity index (χ2v) is 6.61. The van der Waals surface area contributed by atoms with Crippen LogP contribution in [0.4, 0.5) is 10.1 Å². The van der Waals surface area contributed by atoms with Crippen molar-refractivity contribution in [3.8, 4) is 11.5 Å². The van der Waals surface area contributed by atoms with Gasteiger partial charge in [0.05, 0.1) is 11.4 Å². The van der Waals surface area contributed by atoms with E-state index in [0.29, 0.717) is 22.5 Å². The minimum Gasteiger partial charge on any atom is -0.396 e. The zero-order chi connectivity index (χ0) is 14.7. The highest BCUT2D eigenvalue weighted by atomic mass is 32.2. The lowest BCUT2D eigenvalue weighted by atomic mass is 10.0. The van der Waals surface area contributed by atoms with Gasteiger partial charge < -0.3 is 10.3 Å². The lowest BCUT2D eigenvalue weighted by molar-refractivity contribution is 0.425. The molecule has 3 rings (SSSR count). The van der Waals surface area contributed by atoms with Gasteiger partial charge in [0, 0.05) is 10.8 Å². The van der Waals surface area contributed by atoms with Gasteiger partial charge >= 0.3 is 0 Å². The predicted octanol–water partition coefficient (Wildman–Crippen LogP) is 4.02. The van der Waals surface area contributed by atoms with E-state index in [2.05, 4.69) is 10.1 Å². The fourth-order valence-electron chi connectivity index (χ4n) is 2.53. The first-order valence-electron chi connectivity index (χ1n) is 7.22. The summed E-state index contributed by atoms with van der Waals surface area (Å²) in [6, 6.07) is 4.42. The van der Waals surface area contributed by atoms with Crippen molar-refractivity contribution in [3.63, 3.8) is 0 Å². The maximum absolute atomic E-state index is 13.2. The van der Waals surface area contributed by atoms with Crippen LogP contribution in [0.5, 0.6) is 0 Å². The summed E-state index contributed by atoms with van der Waals surface area (Å²) >= 11 is 1.89. The Morgan fingerprint density at radius 2 is 2.10 bits per heavy atom. The van der Waals surface area contributed by atoms with Crippen molar-refractivity contribution < 1.29 is 8.91 Å². The Bertz CT molecular complexity index is 611. The molecule has 1 fully saturated rings. The first-order chi connectivity index (χ1) is 10.2. The normalized spacial score (nSPS) is 16.2. The number of hydrogen-bond donors (Lipinski definition) is 1. The minimum absolute atomic E-state index is 0.0869. The van der Waals surface area contributed by atoms with Crippen molar-refractivity contribution in [1.29, 1.82) is 0 Å². The highest BCUT2D eigenvalue weighted by molar-refractivity contribution is 7.99. The smallest absolute Gasteiger partial charge is 0.258 e. The van der Waals surface area contributed by atoms with Gasteiger partial charge in [0.25, 0.3) is 5.89 Å². The van der Waals surface area contributed by atoms with Crippen LogP contribution in [0.15, 0.2) is 22.7 Å². The number of benzene rings is 1. The number of rotatable bonds is 4. The molecule has 112 valence electrons. The van der Waals surface area contributed by atoms with Gasteiger partial charge in [-0.05, 0) is 31.0 Å². The lowest BCUT2D eigenvalue weighted by Gasteiger charge is -2.19. The number of hydrogen-bond acceptors (Lipinski definition) is 5. The molecule has 0 saturated heterocycles. The Labute approximate surface area is 127 Å². The monoisotopic (exact) mass is 307 g/mol. The summed E-state index contributed by atoms with van der Waals surface area (Å²) in [6.07, 6.45) is 6.57. The van der Waals surface area contributed by atoms with Gasteiger partial charge in [0.2, 0.25) is 0 Å². The number of nitrogens with zero attached hydrogens (tertiary/aromatic N) is 2. The molecule has 0 amide bonds. The van der Waals surface area contributed by atoms with Gasteiger partial charge in [0.15, 0.2) is 5.82 Å². The van der Waals surface area contributed by atoms with E-state index in [1.807, 2.05) is 11.8 Å². The third kappa shape index (κ3) is 3.56. The van der Waals surface area contributed by atoms with Crippen molar-refractivity contribution >= 4 is 17.4 Å². The second kappa shape index (κ2) is 6.47. The quantitative estimate of drug-likeness (QED) is 0.864. The zero-order valence-corrected chi connectivity index (χ0v) is 12.5. The van der Waals surface area contributed by atoms with Crippen LogP contribution in [0.1, 0.15) is 37.9 Å². The van der Waals surface area contributed by atoms with E-state index in [1.165, 1.54) is 44.2 Å². The lowest BCUT2D eigenvalue weighted by Crippen LogP contribution is -2.08. The van der Waals surface area contributed by atoms with Crippen LogP contribution in [-0.4, -0.2) is 15.4 Å². The number of nitrogen functional groups attached to an aromatic ring is 1. The van der Waals surface area contributed by atoms with Crippen LogP contribution in [0, 0.1) is 5.82 Å². The number of aromatic nitrogens is 2. The van der Waals surface area contributed by atoms with Crippen LogP contribution >= 0.6 is 11.8 Å². The Kier molecular flexibility index (Phi) is 4.43. The van der Waals surface area contributed by atoms with Crippen molar-refractivity contribution in [2.75, 3.05) is 5.73 Å². The third-order valence-electron chi connectivity index (χ3n) is 3.71. The summed E-state index contributed by atoms with van der Waals surface area (Å²) < 4.78 is 18.4. The molecule has 6 heteroatoms. The summed E-state index contributed by atoms with van der Waals surface area (Å²) in [6.45, 7) is 0. The standard InChI is InChI=1S/C15H18FN3OS/c16-12-7-6-10(8-13(12)17)15-18-14(19-20-15)9-21-11-4-2-1-3-5-11/h6-8,11H,1-5,9,17H2. The molecule has 0 unspecified atom stereocenters. The fourth-order valence-corrected chi connectivity index (χ4v) is 3.70. The fraction of sp³-hybridized carbons (Fsp3) is 0.467. The molecule has 0 spiro atoms. The van der Waals surface area contributed by atoms with Gasteiger partial charge in [-0.25, -0.2) is 4.39 Å². The van der Waals surface area contributed by atoms with Gasteiger partial charge in [0.1, 0.15) is 5.82 Å². The Balaban J connectivity index is 1.63. The molecular formula is C15H18FN3OS. The maximum atomic E-state index is 13.2. The maximum Gasteiger partial charge on any atom is 0.258 e. The molecule has 1 aliphatic rings. The molecular weight excluding hydrogens is 289 g/mol. The Morgan fingerprint density at radius 1 is 1.29 bits per heavy atom. The van der Waals surface area contributed by atoms with Crippen LogP contribution in [-0.2, 0) is 5.75 Å². The molecule has 0 radical (unpaired) electrons. The minimum atomic E-state index is -0.439. The molecule has 1 saturated carbocycles. The molecule has 2 N–H and O–H groups in total. The van der Waals surface area contributed by atoms with E-state index in [0.717, 1.165) is 5.75 Å². The molecule has 0 bridgehead atoms. The third-order valence-corrected chi connectivity index (χ3v) is 5.08. The van der Waals surface area contributed by atoms with Crippen LogP contribution < -0.4 is 5.73 Å². The van der Waals surface area contributed by atoms with Crippen molar-refractivity contribution in [2.24, 2.45) is 0 Å². The topological polar surface area (TPSA) is 64.9 Å². The summed E-state index contributed by atoms with van der Waals surface area (Å²) in [5.74, 6) is 1.39. The van der Waals surface area contributed by atoms with Gasteiger partial charge in [-0.2, -0.15) is 16.7 Å². The summed E-state index contributed by atoms with van der Waals surface area (Å²) in [7, 11) is 0. The van der Waals surface area contributed by atoms with Crippen molar-refractivity contribution in [2.45, 2.75) is 43.1 Å². The van der Waals surface area contributed by atoms with Crippen LogP contribution in [0.2, 0.25) is 0 Å². The SMILES string of the molecule is Nc1cc(-c2nc(CSC3CCCCC3)no2)ccc1F. The van der Waals surface area contributed by atoms with Crippen LogP contribution in [0.3, 0.4) is 0 Å². The molecule has 1 heterocycles. The first kappa shape index (κ1) is 14.4. The first-order valence-corrected chi connectivity index (χ1v) is 8.27. The van der Waals surface area contributed by atoms with E-state index in [9.17, 15) is 4.39 Å². The molecule has 1 aromatic heterocycles. The Hall–Kier alpha value is -1.56. The summed E-state index contributed by atoms with van der Waals surface area (Å²) in [4.78, 5) is 4.36. The number of nitrogens with two attached hydrogens (primary N) is 1. The van der Waals surface area contributed by atoms with Crippen molar-refractivity contribution in [3.05, 3.63) is 29.8 Å². The molecule has 4 nitrogen and oxygen atoms in total. The van der Waals surface area contributed by atoms with Gasteiger partial charge in [-0.15, -0.1) is 0 Å². The largest absolute Gasteiger partial charge is 0.396 e. The average Bonchev–Trinajstić information content (AvgIpc) is 2.98. The molecule has 21 heavy (non-hydrogen) atoms. The number of thioether (sulfide) groups is 1. The number of halogens is 1. The van der Waals surface area contributed by atoms with E-state index in [1.54, 1.807) is 6.07 Å². The Morgan fingerprint density at radius 3 is 2.86 bits per heavy atom. The molecule has 2 aromatic rings. The van der Waals surface area contributed by atoms with E-state index in [-0.39, 0.29) is 5.69 Å². The van der Waals surface area contributed by atoms with Crippen molar-refractivity contribution in [1.82, 2.24) is 10.1 Å². The molecule has 0 aliphatic heterocycles. The van der Waals surface area contributed by atoms with E-state index < -0.39 is 5.82 Å². The molecule has 1 aliphatic carbocycles.